The van der Waals surface area contributed by atoms with Gasteiger partial charge in [-0.05, 0) is 37.1 Å². The van der Waals surface area contributed by atoms with Crippen molar-refractivity contribution in [1.82, 2.24) is 0 Å². The number of benzodiazepines with no additional fused rings is 1. The quantitative estimate of drug-likeness (QED) is 0.605. The summed E-state index contributed by atoms with van der Waals surface area (Å²) in [6.07, 6.45) is 0.557. The van der Waals surface area contributed by atoms with Gasteiger partial charge in [0.15, 0.2) is 11.6 Å². The van der Waals surface area contributed by atoms with E-state index in [4.69, 9.17) is 10.7 Å². The van der Waals surface area contributed by atoms with E-state index in [0.717, 1.165) is 5.56 Å². The highest BCUT2D eigenvalue weighted by Gasteiger charge is 2.57. The number of hydrogen-bond acceptors (Lipinski definition) is 5. The summed E-state index contributed by atoms with van der Waals surface area (Å²) in [5, 5.41) is 0. The van der Waals surface area contributed by atoms with E-state index in [1.54, 1.807) is 23.1 Å². The van der Waals surface area contributed by atoms with Gasteiger partial charge in [-0.2, -0.15) is 0 Å². The van der Waals surface area contributed by atoms with Crippen molar-refractivity contribution in [3.05, 3.63) is 101 Å². The van der Waals surface area contributed by atoms with Crippen molar-refractivity contribution >= 4 is 23.0 Å². The second-order valence-corrected chi connectivity index (χ2v) is 9.05. The van der Waals surface area contributed by atoms with Crippen LogP contribution in [-0.4, -0.2) is 35.5 Å². The highest BCUT2D eigenvalue weighted by atomic mass is 19.1. The number of rotatable bonds is 4. The van der Waals surface area contributed by atoms with Gasteiger partial charge >= 0.3 is 0 Å². The minimum Gasteiger partial charge on any atom is -0.336 e. The second-order valence-electron chi connectivity index (χ2n) is 9.05. The molecule has 1 aliphatic carbocycles. The number of benzene rings is 3. The van der Waals surface area contributed by atoms with E-state index in [9.17, 15) is 14.0 Å². The predicted molar refractivity (Wildman–Crippen MR) is 130 cm³/mol. The average Bonchev–Trinajstić information content (AvgIpc) is 2.97. The Morgan fingerprint density at radius 3 is 2.35 bits per heavy atom. The first-order chi connectivity index (χ1) is 16.4. The molecule has 1 fully saturated rings. The van der Waals surface area contributed by atoms with Gasteiger partial charge in [-0.15, -0.1) is 0 Å². The topological polar surface area (TPSA) is 75.8 Å². The van der Waals surface area contributed by atoms with Crippen LogP contribution >= 0.6 is 0 Å². The molecule has 2 aliphatic rings. The third kappa shape index (κ3) is 3.55. The molecule has 6 heteroatoms. The molecule has 3 aromatic rings. The molecule has 0 saturated heterocycles. The SMILES string of the molecule is CC1CN=C(c2ccccc2F)c2ccccc2N1C1(N)C(=O)CC(Cc2ccccc2)C1=O. The number of Topliss-reactive ketones (excluding diaryl/α,β-unsaturated/α-hetero) is 2. The van der Waals surface area contributed by atoms with Crippen LogP contribution < -0.4 is 10.6 Å². The molecule has 0 bridgehead atoms. The summed E-state index contributed by atoms with van der Waals surface area (Å²) in [6, 6.07) is 23.1. The third-order valence-corrected chi connectivity index (χ3v) is 6.81. The lowest BCUT2D eigenvalue weighted by molar-refractivity contribution is -0.130. The normalized spacial score (nSPS) is 24.6. The number of halogens is 1. The summed E-state index contributed by atoms with van der Waals surface area (Å²) < 4.78 is 14.7. The van der Waals surface area contributed by atoms with Gasteiger partial charge in [0.2, 0.25) is 5.66 Å². The molecule has 0 radical (unpaired) electrons. The number of hydrogen-bond donors (Lipinski definition) is 1. The maximum atomic E-state index is 14.7. The second kappa shape index (κ2) is 8.61. The van der Waals surface area contributed by atoms with Crippen molar-refractivity contribution in [1.29, 1.82) is 0 Å². The molecule has 3 atom stereocenters. The summed E-state index contributed by atoms with van der Waals surface area (Å²) in [5.74, 6) is -1.45. The van der Waals surface area contributed by atoms with Crippen molar-refractivity contribution in [2.75, 3.05) is 11.4 Å². The Bertz CT molecular complexity index is 1290. The van der Waals surface area contributed by atoms with Crippen molar-refractivity contribution in [2.45, 2.75) is 31.5 Å². The number of carbonyl (C=O) groups excluding carboxylic acids is 2. The number of carbonyl (C=O) groups is 2. The Morgan fingerprint density at radius 2 is 1.62 bits per heavy atom. The minimum atomic E-state index is -1.80. The fourth-order valence-corrected chi connectivity index (χ4v) is 5.17. The predicted octanol–water partition coefficient (Wildman–Crippen LogP) is 3.93. The highest BCUT2D eigenvalue weighted by molar-refractivity contribution is 6.22. The smallest absolute Gasteiger partial charge is 0.209 e. The van der Waals surface area contributed by atoms with Crippen molar-refractivity contribution in [3.63, 3.8) is 0 Å². The van der Waals surface area contributed by atoms with Gasteiger partial charge in [-0.25, -0.2) is 4.39 Å². The van der Waals surface area contributed by atoms with Crippen LogP contribution in [0.5, 0.6) is 0 Å². The van der Waals surface area contributed by atoms with Gasteiger partial charge in [0.1, 0.15) is 5.82 Å². The highest BCUT2D eigenvalue weighted by Crippen LogP contribution is 2.39. The molecule has 3 unspecified atom stereocenters. The summed E-state index contributed by atoms with van der Waals surface area (Å²) in [7, 11) is 0. The maximum absolute atomic E-state index is 14.7. The van der Waals surface area contributed by atoms with Crippen LogP contribution in [0.1, 0.15) is 30.0 Å². The van der Waals surface area contributed by atoms with Crippen molar-refractivity contribution in [3.8, 4) is 0 Å². The number of fused-ring (bicyclic) bond motifs is 1. The Labute approximate surface area is 198 Å². The van der Waals surface area contributed by atoms with E-state index in [1.165, 1.54) is 6.07 Å². The van der Waals surface area contributed by atoms with Gasteiger partial charge in [0.05, 0.1) is 12.3 Å². The Balaban J connectivity index is 1.58. The average molecular weight is 456 g/mol. The molecule has 1 aliphatic heterocycles. The number of para-hydroxylation sites is 1. The van der Waals surface area contributed by atoms with E-state index in [2.05, 4.69) is 0 Å². The lowest BCUT2D eigenvalue weighted by atomic mass is 9.93. The molecule has 0 amide bonds. The van der Waals surface area contributed by atoms with Crippen molar-refractivity contribution < 1.29 is 14.0 Å². The molecule has 1 heterocycles. The molecule has 3 aromatic carbocycles. The van der Waals surface area contributed by atoms with Crippen LogP contribution in [0.2, 0.25) is 0 Å². The van der Waals surface area contributed by atoms with Crippen LogP contribution in [0.4, 0.5) is 10.1 Å². The van der Waals surface area contributed by atoms with Crippen molar-refractivity contribution in [2.24, 2.45) is 16.6 Å². The fourth-order valence-electron chi connectivity index (χ4n) is 5.17. The van der Waals surface area contributed by atoms with Gasteiger partial charge < -0.3 is 4.90 Å². The molecule has 172 valence electrons. The first-order valence-electron chi connectivity index (χ1n) is 11.5. The monoisotopic (exact) mass is 455 g/mol. The largest absolute Gasteiger partial charge is 0.336 e. The first kappa shape index (κ1) is 22.2. The minimum absolute atomic E-state index is 0.0939. The molecular weight excluding hydrogens is 429 g/mol. The maximum Gasteiger partial charge on any atom is 0.209 e. The van der Waals surface area contributed by atoms with E-state index in [-0.39, 0.29) is 36.4 Å². The summed E-state index contributed by atoms with van der Waals surface area (Å²) in [6.45, 7) is 2.16. The van der Waals surface area contributed by atoms with Gasteiger partial charge in [0, 0.05) is 35.2 Å². The molecule has 34 heavy (non-hydrogen) atoms. The van der Waals surface area contributed by atoms with Crippen LogP contribution in [0.25, 0.3) is 0 Å². The van der Waals surface area contributed by atoms with E-state index in [1.807, 2.05) is 61.5 Å². The molecular formula is C28H26FN3O2. The zero-order valence-electron chi connectivity index (χ0n) is 18.9. The molecule has 5 rings (SSSR count). The third-order valence-electron chi connectivity index (χ3n) is 6.81. The summed E-state index contributed by atoms with van der Waals surface area (Å²) >= 11 is 0. The molecule has 5 nitrogen and oxygen atoms in total. The Kier molecular flexibility index (Phi) is 5.62. The number of ketones is 2. The van der Waals surface area contributed by atoms with Gasteiger partial charge in [-0.3, -0.25) is 20.3 Å². The van der Waals surface area contributed by atoms with Gasteiger partial charge in [0.25, 0.3) is 0 Å². The standard InChI is InChI=1S/C28H26FN3O2/c1-18-17-31-26(21-11-5-7-13-23(21)29)22-12-6-8-14-24(22)32(18)28(30)25(33)16-20(27(28)34)15-19-9-3-2-4-10-19/h2-14,18,20H,15-17,30H2,1H3. The Hall–Kier alpha value is -3.64. The number of aliphatic imine (C=N–C) groups is 1. The fraction of sp³-hybridized carbons (Fsp3) is 0.250. The lowest BCUT2D eigenvalue weighted by Crippen LogP contribution is -2.67. The number of nitrogens with zero attached hydrogens (tertiary/aromatic N) is 2. The molecule has 1 saturated carbocycles. The number of nitrogens with two attached hydrogens (primary N) is 1. The zero-order valence-corrected chi connectivity index (χ0v) is 18.9. The van der Waals surface area contributed by atoms with Gasteiger partial charge in [-0.1, -0.05) is 60.7 Å². The molecule has 2 N–H and O–H groups in total. The van der Waals surface area contributed by atoms with E-state index < -0.39 is 11.6 Å². The van der Waals surface area contributed by atoms with Crippen LogP contribution in [0.15, 0.2) is 83.9 Å². The molecule has 0 spiro atoms. The van der Waals surface area contributed by atoms with E-state index in [0.29, 0.717) is 28.9 Å². The summed E-state index contributed by atoms with van der Waals surface area (Å²) in [5.41, 5.74) is 8.08. The number of anilines is 1. The van der Waals surface area contributed by atoms with Crippen LogP contribution in [-0.2, 0) is 16.0 Å². The first-order valence-corrected chi connectivity index (χ1v) is 11.5. The van der Waals surface area contributed by atoms with E-state index >= 15 is 0 Å². The molecule has 0 aromatic heterocycles. The summed E-state index contributed by atoms with van der Waals surface area (Å²) in [4.78, 5) is 33.6. The van der Waals surface area contributed by atoms with Crippen LogP contribution in [0, 0.1) is 11.7 Å². The lowest BCUT2D eigenvalue weighted by Gasteiger charge is -2.41. The van der Waals surface area contributed by atoms with Crippen LogP contribution in [0.3, 0.4) is 0 Å². The zero-order chi connectivity index (χ0) is 23.9. The Morgan fingerprint density at radius 1 is 0.971 bits per heavy atom.